The quantitative estimate of drug-likeness (QED) is 0.555. The predicted molar refractivity (Wildman–Crippen MR) is 94.5 cm³/mol. The van der Waals surface area contributed by atoms with Crippen molar-refractivity contribution in [3.05, 3.63) is 66.0 Å². The molecule has 2 aromatic heterocycles. The van der Waals surface area contributed by atoms with Crippen LogP contribution in [0.1, 0.15) is 18.3 Å². The molecule has 0 amide bonds. The SMILES string of the molecule is CCOc1ccc(-c2nn3c(Cc4ccccc4)nnc3s2)cc1. The van der Waals surface area contributed by atoms with E-state index in [-0.39, 0.29) is 0 Å². The van der Waals surface area contributed by atoms with Crippen LogP contribution < -0.4 is 4.74 Å². The Balaban J connectivity index is 1.64. The van der Waals surface area contributed by atoms with Gasteiger partial charge >= 0.3 is 0 Å². The summed E-state index contributed by atoms with van der Waals surface area (Å²) >= 11 is 1.54. The Morgan fingerprint density at radius 3 is 2.54 bits per heavy atom. The lowest BCUT2D eigenvalue weighted by atomic mass is 10.1. The van der Waals surface area contributed by atoms with E-state index in [9.17, 15) is 0 Å². The van der Waals surface area contributed by atoms with Crippen LogP contribution in [0.5, 0.6) is 5.75 Å². The van der Waals surface area contributed by atoms with Crippen molar-refractivity contribution in [2.75, 3.05) is 6.61 Å². The number of aromatic nitrogens is 4. The molecule has 0 saturated carbocycles. The lowest BCUT2D eigenvalue weighted by Crippen LogP contribution is -1.97. The van der Waals surface area contributed by atoms with Crippen LogP contribution >= 0.6 is 11.3 Å². The zero-order chi connectivity index (χ0) is 16.4. The number of rotatable bonds is 5. The molecule has 24 heavy (non-hydrogen) atoms. The number of fused-ring (bicyclic) bond motifs is 1. The molecule has 0 bridgehead atoms. The second-order valence-electron chi connectivity index (χ2n) is 5.34. The van der Waals surface area contributed by atoms with Gasteiger partial charge in [0.2, 0.25) is 4.96 Å². The molecule has 0 aliphatic rings. The molecule has 4 rings (SSSR count). The molecule has 6 heteroatoms. The lowest BCUT2D eigenvalue weighted by molar-refractivity contribution is 0.340. The molecule has 0 atom stereocenters. The third-order valence-electron chi connectivity index (χ3n) is 3.67. The molecule has 0 saturated heterocycles. The highest BCUT2D eigenvalue weighted by Crippen LogP contribution is 2.27. The molecule has 0 aliphatic heterocycles. The van der Waals surface area contributed by atoms with Crippen molar-refractivity contribution >= 4 is 16.3 Å². The first-order chi connectivity index (χ1) is 11.8. The van der Waals surface area contributed by atoms with E-state index in [2.05, 4.69) is 27.4 Å². The van der Waals surface area contributed by atoms with Gasteiger partial charge in [-0.1, -0.05) is 41.7 Å². The van der Waals surface area contributed by atoms with E-state index in [0.717, 1.165) is 27.1 Å². The zero-order valence-electron chi connectivity index (χ0n) is 13.2. The van der Waals surface area contributed by atoms with Crippen molar-refractivity contribution in [3.8, 4) is 16.3 Å². The molecule has 2 heterocycles. The van der Waals surface area contributed by atoms with Gasteiger partial charge in [-0.3, -0.25) is 0 Å². The molecule has 0 radical (unpaired) electrons. The van der Waals surface area contributed by atoms with Gasteiger partial charge in [0.15, 0.2) is 5.82 Å². The van der Waals surface area contributed by atoms with E-state index in [1.807, 2.05) is 53.9 Å². The summed E-state index contributed by atoms with van der Waals surface area (Å²) in [6.45, 7) is 2.64. The molecule has 0 spiro atoms. The van der Waals surface area contributed by atoms with Crippen molar-refractivity contribution in [2.45, 2.75) is 13.3 Å². The monoisotopic (exact) mass is 336 g/mol. The number of hydrogen-bond donors (Lipinski definition) is 0. The van der Waals surface area contributed by atoms with E-state index < -0.39 is 0 Å². The molecule has 5 nitrogen and oxygen atoms in total. The van der Waals surface area contributed by atoms with Crippen LogP contribution in [-0.2, 0) is 6.42 Å². The Kier molecular flexibility index (Phi) is 3.96. The van der Waals surface area contributed by atoms with E-state index in [1.165, 1.54) is 16.9 Å². The summed E-state index contributed by atoms with van der Waals surface area (Å²) < 4.78 is 7.32. The Hall–Kier alpha value is -2.73. The average molecular weight is 336 g/mol. The van der Waals surface area contributed by atoms with Crippen molar-refractivity contribution in [1.82, 2.24) is 19.8 Å². The normalized spacial score (nSPS) is 11.0. The minimum Gasteiger partial charge on any atom is -0.494 e. The molecule has 120 valence electrons. The lowest BCUT2D eigenvalue weighted by Gasteiger charge is -2.02. The molecule has 0 N–H and O–H groups in total. The molecule has 2 aromatic carbocycles. The van der Waals surface area contributed by atoms with Crippen molar-refractivity contribution in [3.63, 3.8) is 0 Å². The molecule has 4 aromatic rings. The second kappa shape index (κ2) is 6.41. The maximum atomic E-state index is 5.48. The average Bonchev–Trinajstić information content (AvgIpc) is 3.19. The van der Waals surface area contributed by atoms with Gasteiger partial charge in [-0.25, -0.2) is 0 Å². The topological polar surface area (TPSA) is 52.3 Å². The number of ether oxygens (including phenoxy) is 1. The highest BCUT2D eigenvalue weighted by Gasteiger charge is 2.13. The van der Waals surface area contributed by atoms with E-state index >= 15 is 0 Å². The Morgan fingerprint density at radius 1 is 1.00 bits per heavy atom. The van der Waals surface area contributed by atoms with Gasteiger partial charge in [0.25, 0.3) is 0 Å². The second-order valence-corrected chi connectivity index (χ2v) is 6.29. The van der Waals surface area contributed by atoms with E-state index in [4.69, 9.17) is 4.74 Å². The smallest absolute Gasteiger partial charge is 0.234 e. The summed E-state index contributed by atoms with van der Waals surface area (Å²) in [7, 11) is 0. The minimum absolute atomic E-state index is 0.666. The summed E-state index contributed by atoms with van der Waals surface area (Å²) in [6, 6.07) is 18.2. The van der Waals surface area contributed by atoms with Crippen LogP contribution in [-0.4, -0.2) is 26.4 Å². The van der Waals surface area contributed by atoms with Gasteiger partial charge in [0.05, 0.1) is 6.61 Å². The van der Waals surface area contributed by atoms with Gasteiger partial charge in [-0.15, -0.1) is 10.2 Å². The Morgan fingerprint density at radius 2 is 1.79 bits per heavy atom. The van der Waals surface area contributed by atoms with Crippen LogP contribution in [0, 0.1) is 0 Å². The Labute approximate surface area is 143 Å². The maximum Gasteiger partial charge on any atom is 0.234 e. The fourth-order valence-electron chi connectivity index (χ4n) is 2.52. The summed E-state index contributed by atoms with van der Waals surface area (Å²) in [4.78, 5) is 0.810. The molecular formula is C18H16N4OS. The third-order valence-corrected chi connectivity index (χ3v) is 4.62. The summed E-state index contributed by atoms with van der Waals surface area (Å²) in [6.07, 6.45) is 0.717. The van der Waals surface area contributed by atoms with Gasteiger partial charge in [0, 0.05) is 12.0 Å². The first-order valence-electron chi connectivity index (χ1n) is 7.82. The molecular weight excluding hydrogens is 320 g/mol. The summed E-state index contributed by atoms with van der Waals surface area (Å²) in [5, 5.41) is 14.1. The van der Waals surface area contributed by atoms with Crippen LogP contribution in [0.3, 0.4) is 0 Å². The minimum atomic E-state index is 0.666. The molecule has 0 fully saturated rings. The zero-order valence-corrected chi connectivity index (χ0v) is 14.0. The highest BCUT2D eigenvalue weighted by molar-refractivity contribution is 7.19. The van der Waals surface area contributed by atoms with Crippen molar-refractivity contribution in [1.29, 1.82) is 0 Å². The number of hydrogen-bond acceptors (Lipinski definition) is 5. The summed E-state index contributed by atoms with van der Waals surface area (Å²) in [5.74, 6) is 1.72. The number of benzene rings is 2. The first-order valence-corrected chi connectivity index (χ1v) is 8.63. The van der Waals surface area contributed by atoms with Gasteiger partial charge in [-0.2, -0.15) is 9.61 Å². The molecule has 0 unspecified atom stereocenters. The fraction of sp³-hybridized carbons (Fsp3) is 0.167. The van der Waals surface area contributed by atoms with E-state index in [1.54, 1.807) is 0 Å². The van der Waals surface area contributed by atoms with Gasteiger partial charge in [0.1, 0.15) is 10.8 Å². The van der Waals surface area contributed by atoms with Crippen molar-refractivity contribution in [2.24, 2.45) is 0 Å². The van der Waals surface area contributed by atoms with Crippen LogP contribution in [0.15, 0.2) is 54.6 Å². The highest BCUT2D eigenvalue weighted by atomic mass is 32.1. The van der Waals surface area contributed by atoms with Crippen LogP contribution in [0.4, 0.5) is 0 Å². The predicted octanol–water partition coefficient (Wildman–Crippen LogP) is 3.84. The third kappa shape index (κ3) is 2.88. The largest absolute Gasteiger partial charge is 0.494 e. The van der Waals surface area contributed by atoms with Crippen LogP contribution in [0.25, 0.3) is 15.5 Å². The standard InChI is InChI=1S/C18H16N4OS/c1-2-23-15-10-8-14(9-11-15)17-21-22-16(19-20-18(22)24-17)12-13-6-4-3-5-7-13/h3-11H,2,12H2,1H3. The first kappa shape index (κ1) is 14.8. The number of nitrogens with zero attached hydrogens (tertiary/aromatic N) is 4. The van der Waals surface area contributed by atoms with Gasteiger partial charge in [-0.05, 0) is 36.8 Å². The van der Waals surface area contributed by atoms with Crippen LogP contribution in [0.2, 0.25) is 0 Å². The fourth-order valence-corrected chi connectivity index (χ4v) is 3.39. The molecule has 0 aliphatic carbocycles. The maximum absolute atomic E-state index is 5.48. The van der Waals surface area contributed by atoms with E-state index in [0.29, 0.717) is 13.0 Å². The summed E-state index contributed by atoms with van der Waals surface area (Å²) in [5.41, 5.74) is 2.25. The van der Waals surface area contributed by atoms with Gasteiger partial charge < -0.3 is 4.74 Å². The Bertz CT molecular complexity index is 944. The van der Waals surface area contributed by atoms with Crippen molar-refractivity contribution < 1.29 is 4.74 Å².